The zero-order chi connectivity index (χ0) is 15.2. The average Bonchev–Trinajstić information content (AvgIpc) is 2.53. The normalized spacial score (nSPS) is 12.0. The van der Waals surface area contributed by atoms with Gasteiger partial charge in [-0.2, -0.15) is 0 Å². The van der Waals surface area contributed by atoms with Crippen molar-refractivity contribution < 1.29 is 4.79 Å². The molecule has 2 aromatic carbocycles. The Hall–Kier alpha value is -1.16. The van der Waals surface area contributed by atoms with Gasteiger partial charge in [0.25, 0.3) is 5.91 Å². The van der Waals surface area contributed by atoms with Gasteiger partial charge in [0.2, 0.25) is 0 Å². The van der Waals surface area contributed by atoms with Crippen molar-refractivity contribution in [3.05, 3.63) is 64.7 Å². The van der Waals surface area contributed by atoms with E-state index in [4.69, 9.17) is 23.2 Å². The number of hydrogen-bond donors (Lipinski definition) is 1. The van der Waals surface area contributed by atoms with E-state index in [1.165, 1.54) is 0 Å². The maximum absolute atomic E-state index is 12.4. The lowest BCUT2D eigenvalue weighted by Crippen LogP contribution is -2.29. The molecule has 2 rings (SSSR count). The highest BCUT2D eigenvalue weighted by Crippen LogP contribution is 2.24. The maximum atomic E-state index is 12.4. The van der Waals surface area contributed by atoms with Gasteiger partial charge in [0.15, 0.2) is 0 Å². The number of benzene rings is 2. The molecule has 5 heteroatoms. The zero-order valence-electron chi connectivity index (χ0n) is 11.5. The second-order valence-corrected chi connectivity index (χ2v) is 6.03. The molecule has 0 aliphatic heterocycles. The standard InChI is InChI=1S/C16H15Cl2NOS/c1-21-12-7-8-14(18)13(9-12)16(20)19-15(10-17)11-5-3-2-4-6-11/h2-9,15H,10H2,1H3,(H,19,20). The summed E-state index contributed by atoms with van der Waals surface area (Å²) in [7, 11) is 0. The first kappa shape index (κ1) is 16.2. The fraction of sp³-hybridized carbons (Fsp3) is 0.188. The van der Waals surface area contributed by atoms with Crippen molar-refractivity contribution in [1.29, 1.82) is 0 Å². The summed E-state index contributed by atoms with van der Waals surface area (Å²) in [5.74, 6) is 0.0840. The molecule has 1 N–H and O–H groups in total. The Morgan fingerprint density at radius 2 is 1.95 bits per heavy atom. The minimum absolute atomic E-state index is 0.217. The molecule has 2 aromatic rings. The van der Waals surface area contributed by atoms with Gasteiger partial charge in [-0.25, -0.2) is 0 Å². The van der Waals surface area contributed by atoms with E-state index < -0.39 is 0 Å². The van der Waals surface area contributed by atoms with E-state index in [9.17, 15) is 4.79 Å². The van der Waals surface area contributed by atoms with Gasteiger partial charge in [-0.1, -0.05) is 41.9 Å². The van der Waals surface area contributed by atoms with E-state index in [0.29, 0.717) is 16.5 Å². The smallest absolute Gasteiger partial charge is 0.253 e. The Labute approximate surface area is 138 Å². The van der Waals surface area contributed by atoms with Crippen molar-refractivity contribution in [2.45, 2.75) is 10.9 Å². The van der Waals surface area contributed by atoms with Gasteiger partial charge in [-0.15, -0.1) is 23.4 Å². The van der Waals surface area contributed by atoms with Gasteiger partial charge < -0.3 is 5.32 Å². The third-order valence-corrected chi connectivity index (χ3v) is 4.44. The van der Waals surface area contributed by atoms with Gasteiger partial charge in [-0.05, 0) is 30.0 Å². The summed E-state index contributed by atoms with van der Waals surface area (Å²) in [6, 6.07) is 14.8. The first-order chi connectivity index (χ1) is 10.2. The number of amides is 1. The molecule has 0 aliphatic rings. The number of alkyl halides is 1. The first-order valence-electron chi connectivity index (χ1n) is 6.41. The van der Waals surface area contributed by atoms with Crippen molar-refractivity contribution >= 4 is 40.9 Å². The molecule has 21 heavy (non-hydrogen) atoms. The van der Waals surface area contributed by atoms with Crippen LogP contribution in [0.1, 0.15) is 22.0 Å². The molecule has 0 radical (unpaired) electrons. The average molecular weight is 340 g/mol. The highest BCUT2D eigenvalue weighted by molar-refractivity contribution is 7.98. The minimum Gasteiger partial charge on any atom is -0.344 e. The Morgan fingerprint density at radius 1 is 1.24 bits per heavy atom. The Balaban J connectivity index is 2.20. The highest BCUT2D eigenvalue weighted by Gasteiger charge is 2.17. The Morgan fingerprint density at radius 3 is 2.57 bits per heavy atom. The minimum atomic E-state index is -0.241. The molecule has 1 unspecified atom stereocenters. The number of rotatable bonds is 5. The third-order valence-electron chi connectivity index (χ3n) is 3.08. The van der Waals surface area contributed by atoms with Crippen molar-refractivity contribution in [3.8, 4) is 0 Å². The van der Waals surface area contributed by atoms with Crippen molar-refractivity contribution in [2.24, 2.45) is 0 Å². The van der Waals surface area contributed by atoms with Crippen molar-refractivity contribution in [1.82, 2.24) is 5.32 Å². The monoisotopic (exact) mass is 339 g/mol. The number of nitrogens with one attached hydrogen (secondary N) is 1. The van der Waals surface area contributed by atoms with Crippen LogP contribution in [-0.2, 0) is 0 Å². The molecule has 0 heterocycles. The van der Waals surface area contributed by atoms with Crippen LogP contribution in [0.5, 0.6) is 0 Å². The van der Waals surface area contributed by atoms with E-state index >= 15 is 0 Å². The van der Waals surface area contributed by atoms with Crippen LogP contribution in [-0.4, -0.2) is 18.0 Å². The Kier molecular flexibility index (Phi) is 5.97. The lowest BCUT2D eigenvalue weighted by Gasteiger charge is -2.17. The number of carbonyl (C=O) groups excluding carboxylic acids is 1. The van der Waals surface area contributed by atoms with E-state index in [1.807, 2.05) is 42.7 Å². The number of carbonyl (C=O) groups is 1. The molecule has 0 aliphatic carbocycles. The quantitative estimate of drug-likeness (QED) is 0.627. The van der Waals surface area contributed by atoms with Crippen LogP contribution in [0.25, 0.3) is 0 Å². The van der Waals surface area contributed by atoms with Crippen LogP contribution < -0.4 is 5.32 Å². The summed E-state index contributed by atoms with van der Waals surface area (Å²) in [5.41, 5.74) is 1.44. The zero-order valence-corrected chi connectivity index (χ0v) is 13.8. The van der Waals surface area contributed by atoms with Crippen LogP contribution in [0.3, 0.4) is 0 Å². The summed E-state index contributed by atoms with van der Waals surface area (Å²) in [4.78, 5) is 13.4. The third kappa shape index (κ3) is 4.16. The number of thioether (sulfide) groups is 1. The largest absolute Gasteiger partial charge is 0.344 e. The van der Waals surface area contributed by atoms with Gasteiger partial charge in [0.05, 0.1) is 16.6 Å². The maximum Gasteiger partial charge on any atom is 0.253 e. The van der Waals surface area contributed by atoms with Crippen LogP contribution >= 0.6 is 35.0 Å². The number of halogens is 2. The molecule has 0 saturated heterocycles. The summed E-state index contributed by atoms with van der Waals surface area (Å²) in [6.45, 7) is 0. The van der Waals surface area contributed by atoms with E-state index in [1.54, 1.807) is 23.9 Å². The molecule has 0 spiro atoms. The summed E-state index contributed by atoms with van der Waals surface area (Å²) in [5, 5.41) is 3.36. The molecule has 0 aromatic heterocycles. The predicted molar refractivity (Wildman–Crippen MR) is 90.6 cm³/mol. The summed E-state index contributed by atoms with van der Waals surface area (Å²) < 4.78 is 0. The topological polar surface area (TPSA) is 29.1 Å². The molecule has 0 bridgehead atoms. The molecule has 0 fully saturated rings. The van der Waals surface area contributed by atoms with Gasteiger partial charge in [-0.3, -0.25) is 4.79 Å². The van der Waals surface area contributed by atoms with Crippen molar-refractivity contribution in [3.63, 3.8) is 0 Å². The predicted octanol–water partition coefficient (Wildman–Crippen LogP) is 4.77. The first-order valence-corrected chi connectivity index (χ1v) is 8.54. The summed E-state index contributed by atoms with van der Waals surface area (Å²) in [6.07, 6.45) is 1.95. The van der Waals surface area contributed by atoms with E-state index in [2.05, 4.69) is 5.32 Å². The molecule has 2 nitrogen and oxygen atoms in total. The summed E-state index contributed by atoms with van der Waals surface area (Å²) >= 11 is 13.7. The van der Waals surface area contributed by atoms with Crippen LogP contribution in [0, 0.1) is 0 Å². The molecule has 1 amide bonds. The van der Waals surface area contributed by atoms with Crippen LogP contribution in [0.4, 0.5) is 0 Å². The van der Waals surface area contributed by atoms with E-state index in [0.717, 1.165) is 10.5 Å². The fourth-order valence-corrected chi connectivity index (χ4v) is 2.84. The fourth-order valence-electron chi connectivity index (χ4n) is 1.94. The van der Waals surface area contributed by atoms with Crippen LogP contribution in [0.2, 0.25) is 5.02 Å². The van der Waals surface area contributed by atoms with E-state index in [-0.39, 0.29) is 11.9 Å². The lowest BCUT2D eigenvalue weighted by atomic mass is 10.1. The lowest BCUT2D eigenvalue weighted by molar-refractivity contribution is 0.0940. The molecule has 0 saturated carbocycles. The van der Waals surface area contributed by atoms with Gasteiger partial charge >= 0.3 is 0 Å². The molecular formula is C16H15Cl2NOS. The van der Waals surface area contributed by atoms with Gasteiger partial charge in [0.1, 0.15) is 0 Å². The molecular weight excluding hydrogens is 325 g/mol. The SMILES string of the molecule is CSc1ccc(Cl)c(C(=O)NC(CCl)c2ccccc2)c1. The van der Waals surface area contributed by atoms with Crippen molar-refractivity contribution in [2.75, 3.05) is 12.1 Å². The highest BCUT2D eigenvalue weighted by atomic mass is 35.5. The molecule has 1 atom stereocenters. The second-order valence-electron chi connectivity index (χ2n) is 4.44. The molecule has 110 valence electrons. The second kappa shape index (κ2) is 7.74. The van der Waals surface area contributed by atoms with Crippen LogP contribution in [0.15, 0.2) is 53.4 Å². The Bertz CT molecular complexity index is 619. The number of hydrogen-bond acceptors (Lipinski definition) is 2. The van der Waals surface area contributed by atoms with Gasteiger partial charge in [0, 0.05) is 10.8 Å².